The molecule has 0 amide bonds. The van der Waals surface area contributed by atoms with Gasteiger partial charge in [0.05, 0.1) is 13.2 Å². The van der Waals surface area contributed by atoms with Crippen molar-refractivity contribution in [3.05, 3.63) is 0 Å². The number of halogens is 1. The molecule has 0 spiro atoms. The van der Waals surface area contributed by atoms with Gasteiger partial charge in [0.1, 0.15) is 0 Å². The Morgan fingerprint density at radius 2 is 2.22 bits per heavy atom. The predicted molar refractivity (Wildman–Crippen MR) is 30.6 cm³/mol. The van der Waals surface area contributed by atoms with Crippen LogP contribution in [0, 0.1) is 0 Å². The van der Waals surface area contributed by atoms with Crippen LogP contribution in [-0.2, 0) is 9.53 Å². The number of nitrogens with one attached hydrogen (secondary N) is 1. The van der Waals surface area contributed by atoms with Gasteiger partial charge in [-0.2, -0.15) is 0 Å². The van der Waals surface area contributed by atoms with Crippen LogP contribution >= 0.6 is 0 Å². The first-order chi connectivity index (χ1) is 3.81. The van der Waals surface area contributed by atoms with E-state index in [0.29, 0.717) is 13.2 Å². The second-order valence-corrected chi connectivity index (χ2v) is 1.34. The van der Waals surface area contributed by atoms with E-state index < -0.39 is 0 Å². The van der Waals surface area contributed by atoms with Crippen molar-refractivity contribution in [1.82, 2.24) is 5.32 Å². The lowest BCUT2D eigenvalue weighted by atomic mass is 10.6. The van der Waals surface area contributed by atoms with E-state index in [1.165, 1.54) is 0 Å². The molecule has 0 aliphatic carbocycles. The average Bonchev–Trinajstić information content (AvgIpc) is 1.68. The lowest BCUT2D eigenvalue weighted by Crippen LogP contribution is -3.00. The fourth-order valence-electron chi connectivity index (χ4n) is 0.356. The van der Waals surface area contributed by atoms with Gasteiger partial charge in [-0.1, -0.05) is 0 Å². The standard InChI is InChI=1S/C5H11NO2.ClH/c1-3-8-5(7)4-6-2;/h6H,3-4H2,1-2H3;1H/p-1. The van der Waals surface area contributed by atoms with Gasteiger partial charge >= 0.3 is 5.97 Å². The van der Waals surface area contributed by atoms with Gasteiger partial charge in [0, 0.05) is 0 Å². The molecule has 0 heterocycles. The lowest BCUT2D eigenvalue weighted by molar-refractivity contribution is -0.141. The van der Waals surface area contributed by atoms with Gasteiger partial charge in [-0.05, 0) is 14.0 Å². The summed E-state index contributed by atoms with van der Waals surface area (Å²) in [6.07, 6.45) is 0. The molecule has 0 saturated heterocycles. The maximum atomic E-state index is 10.4. The molecule has 0 aliphatic heterocycles. The maximum Gasteiger partial charge on any atom is 0.319 e. The normalized spacial score (nSPS) is 7.78. The Morgan fingerprint density at radius 3 is 2.56 bits per heavy atom. The number of rotatable bonds is 3. The minimum absolute atomic E-state index is 0. The SMILES string of the molecule is CCOC(=O)CNC.[Cl-]. The topological polar surface area (TPSA) is 38.3 Å². The van der Waals surface area contributed by atoms with Crippen LogP contribution in [0.3, 0.4) is 0 Å². The van der Waals surface area contributed by atoms with Crippen molar-refractivity contribution in [2.45, 2.75) is 6.92 Å². The Morgan fingerprint density at radius 1 is 1.67 bits per heavy atom. The van der Waals surface area contributed by atoms with Crippen LogP contribution in [0.15, 0.2) is 0 Å². The first-order valence-corrected chi connectivity index (χ1v) is 2.61. The van der Waals surface area contributed by atoms with E-state index in [0.717, 1.165) is 0 Å². The fraction of sp³-hybridized carbons (Fsp3) is 0.800. The summed E-state index contributed by atoms with van der Waals surface area (Å²) >= 11 is 0. The number of carbonyl (C=O) groups excluding carboxylic acids is 1. The molecule has 0 unspecified atom stereocenters. The molecule has 0 rings (SSSR count). The highest BCUT2D eigenvalue weighted by molar-refractivity contribution is 5.71. The second-order valence-electron chi connectivity index (χ2n) is 1.34. The molecule has 0 saturated carbocycles. The summed E-state index contributed by atoms with van der Waals surface area (Å²) in [5, 5.41) is 2.68. The number of esters is 1. The van der Waals surface area contributed by atoms with Crippen molar-refractivity contribution in [2.75, 3.05) is 20.2 Å². The van der Waals surface area contributed by atoms with E-state index in [4.69, 9.17) is 0 Å². The third-order valence-electron chi connectivity index (χ3n) is 0.626. The Hall–Kier alpha value is -0.280. The van der Waals surface area contributed by atoms with E-state index in [1.54, 1.807) is 14.0 Å². The zero-order valence-corrected chi connectivity index (χ0v) is 6.36. The minimum atomic E-state index is -0.199. The smallest absolute Gasteiger partial charge is 0.319 e. The first-order valence-electron chi connectivity index (χ1n) is 2.61. The molecule has 3 nitrogen and oxygen atoms in total. The maximum absolute atomic E-state index is 10.4. The Labute approximate surface area is 61.2 Å². The molecule has 0 atom stereocenters. The van der Waals surface area contributed by atoms with Crippen LogP contribution in [0.5, 0.6) is 0 Å². The molecule has 4 heteroatoms. The third-order valence-corrected chi connectivity index (χ3v) is 0.626. The van der Waals surface area contributed by atoms with Gasteiger partial charge < -0.3 is 22.5 Å². The molecule has 0 bridgehead atoms. The Balaban J connectivity index is 0. The molecular weight excluding hydrogens is 142 g/mol. The van der Waals surface area contributed by atoms with Gasteiger partial charge in [-0.3, -0.25) is 4.79 Å². The van der Waals surface area contributed by atoms with Crippen molar-refractivity contribution >= 4 is 5.97 Å². The van der Waals surface area contributed by atoms with Crippen molar-refractivity contribution in [2.24, 2.45) is 0 Å². The van der Waals surface area contributed by atoms with Crippen LogP contribution in [-0.4, -0.2) is 26.2 Å². The molecule has 0 aromatic heterocycles. The van der Waals surface area contributed by atoms with Crippen molar-refractivity contribution < 1.29 is 21.9 Å². The predicted octanol–water partition coefficient (Wildman–Crippen LogP) is -3.23. The molecular formula is C5H11ClNO2-. The minimum Gasteiger partial charge on any atom is -1.00 e. The molecule has 0 fully saturated rings. The molecule has 0 aromatic carbocycles. The summed E-state index contributed by atoms with van der Waals surface area (Å²) in [4.78, 5) is 10.4. The quantitative estimate of drug-likeness (QED) is 0.433. The van der Waals surface area contributed by atoms with E-state index in [-0.39, 0.29) is 18.4 Å². The first kappa shape index (κ1) is 11.5. The third kappa shape index (κ3) is 7.72. The fourth-order valence-corrected chi connectivity index (χ4v) is 0.356. The summed E-state index contributed by atoms with van der Waals surface area (Å²) in [5.74, 6) is -0.199. The van der Waals surface area contributed by atoms with E-state index in [2.05, 4.69) is 10.1 Å². The second kappa shape index (κ2) is 7.72. The number of carbonyl (C=O) groups is 1. The van der Waals surface area contributed by atoms with Crippen LogP contribution < -0.4 is 17.7 Å². The summed E-state index contributed by atoms with van der Waals surface area (Å²) in [7, 11) is 1.71. The van der Waals surface area contributed by atoms with Gasteiger partial charge in [-0.15, -0.1) is 0 Å². The Kier molecular flexibility index (Phi) is 9.87. The highest BCUT2D eigenvalue weighted by Gasteiger charge is 1.94. The van der Waals surface area contributed by atoms with Gasteiger partial charge in [0.2, 0.25) is 0 Å². The molecule has 0 aliphatic rings. The highest BCUT2D eigenvalue weighted by atomic mass is 35.5. The average molecular weight is 153 g/mol. The Bertz CT molecular complexity index is 69.4. The molecule has 0 aromatic rings. The van der Waals surface area contributed by atoms with Crippen LogP contribution in [0.2, 0.25) is 0 Å². The van der Waals surface area contributed by atoms with Crippen LogP contribution in [0.1, 0.15) is 6.92 Å². The zero-order chi connectivity index (χ0) is 6.41. The van der Waals surface area contributed by atoms with Crippen LogP contribution in [0.4, 0.5) is 0 Å². The molecule has 1 N–H and O–H groups in total. The highest BCUT2D eigenvalue weighted by Crippen LogP contribution is 1.72. The molecule has 0 radical (unpaired) electrons. The molecule has 56 valence electrons. The van der Waals surface area contributed by atoms with Crippen molar-refractivity contribution in [1.29, 1.82) is 0 Å². The summed E-state index contributed by atoms with van der Waals surface area (Å²) in [5.41, 5.74) is 0. The zero-order valence-electron chi connectivity index (χ0n) is 5.61. The van der Waals surface area contributed by atoms with Crippen molar-refractivity contribution in [3.8, 4) is 0 Å². The number of hydrogen-bond donors (Lipinski definition) is 1. The number of ether oxygens (including phenoxy) is 1. The summed E-state index contributed by atoms with van der Waals surface area (Å²) in [6, 6.07) is 0. The summed E-state index contributed by atoms with van der Waals surface area (Å²) < 4.78 is 4.58. The van der Waals surface area contributed by atoms with Gasteiger partial charge in [-0.25, -0.2) is 0 Å². The molecule has 9 heavy (non-hydrogen) atoms. The van der Waals surface area contributed by atoms with E-state index >= 15 is 0 Å². The number of likely N-dealkylation sites (N-methyl/N-ethyl adjacent to an activating group) is 1. The van der Waals surface area contributed by atoms with E-state index in [1.807, 2.05) is 0 Å². The number of hydrogen-bond acceptors (Lipinski definition) is 3. The van der Waals surface area contributed by atoms with Crippen LogP contribution in [0.25, 0.3) is 0 Å². The van der Waals surface area contributed by atoms with Crippen molar-refractivity contribution in [3.63, 3.8) is 0 Å². The monoisotopic (exact) mass is 152 g/mol. The van der Waals surface area contributed by atoms with Gasteiger partial charge in [0.25, 0.3) is 0 Å². The largest absolute Gasteiger partial charge is 1.00 e. The van der Waals surface area contributed by atoms with E-state index in [9.17, 15) is 4.79 Å². The van der Waals surface area contributed by atoms with Gasteiger partial charge in [0.15, 0.2) is 0 Å². The lowest BCUT2D eigenvalue weighted by Gasteiger charge is -1.97. The summed E-state index contributed by atoms with van der Waals surface area (Å²) in [6.45, 7) is 2.54.